The fourth-order valence-electron chi connectivity index (χ4n) is 1.15. The molecule has 0 aliphatic heterocycles. The standard InChI is InChI=1S/C10H7Cl3N2O/c1-6-2-4-7(5-3-6)8-14-15-9(16-8)10(11,12)13/h2-5H,1H3. The fraction of sp³-hybridized carbons (Fsp3) is 0.200. The second-order valence-electron chi connectivity index (χ2n) is 3.28. The Bertz CT molecular complexity index is 488. The minimum absolute atomic E-state index is 0.0342. The van der Waals surface area contributed by atoms with Crippen LogP contribution in [0.1, 0.15) is 11.5 Å². The van der Waals surface area contributed by atoms with Gasteiger partial charge in [-0.2, -0.15) is 0 Å². The third kappa shape index (κ3) is 2.48. The predicted octanol–water partition coefficient (Wildman–Crippen LogP) is 3.87. The van der Waals surface area contributed by atoms with Gasteiger partial charge in [0.15, 0.2) is 0 Å². The van der Waals surface area contributed by atoms with Gasteiger partial charge in [0.05, 0.1) is 0 Å². The van der Waals surface area contributed by atoms with E-state index in [9.17, 15) is 0 Å². The Morgan fingerprint density at radius 3 is 2.19 bits per heavy atom. The molecule has 6 heteroatoms. The summed E-state index contributed by atoms with van der Waals surface area (Å²) in [7, 11) is 0. The summed E-state index contributed by atoms with van der Waals surface area (Å²) in [4.78, 5) is 0. The highest BCUT2D eigenvalue weighted by Crippen LogP contribution is 2.38. The summed E-state index contributed by atoms with van der Waals surface area (Å²) in [5, 5.41) is 7.49. The molecule has 84 valence electrons. The Morgan fingerprint density at radius 2 is 1.69 bits per heavy atom. The average Bonchev–Trinajstić information content (AvgIpc) is 2.67. The first-order valence-electron chi connectivity index (χ1n) is 4.44. The molecule has 2 rings (SSSR count). The normalized spacial score (nSPS) is 11.8. The molecule has 1 aromatic heterocycles. The van der Waals surface area contributed by atoms with Gasteiger partial charge < -0.3 is 4.42 Å². The maximum absolute atomic E-state index is 5.62. The molecule has 0 saturated carbocycles. The average molecular weight is 278 g/mol. The van der Waals surface area contributed by atoms with Crippen molar-refractivity contribution in [2.45, 2.75) is 10.7 Å². The van der Waals surface area contributed by atoms with Gasteiger partial charge in [0.25, 0.3) is 9.68 Å². The summed E-state index contributed by atoms with van der Waals surface area (Å²) in [6.45, 7) is 1.99. The largest absolute Gasteiger partial charge is 0.416 e. The van der Waals surface area contributed by atoms with Crippen LogP contribution in [0, 0.1) is 6.92 Å². The van der Waals surface area contributed by atoms with Crippen LogP contribution in [0.25, 0.3) is 11.5 Å². The van der Waals surface area contributed by atoms with Gasteiger partial charge in [0.1, 0.15) is 0 Å². The molecule has 3 nitrogen and oxygen atoms in total. The lowest BCUT2D eigenvalue weighted by Crippen LogP contribution is -1.99. The molecule has 0 unspecified atom stereocenters. The highest BCUT2D eigenvalue weighted by atomic mass is 35.6. The number of hydrogen-bond acceptors (Lipinski definition) is 3. The monoisotopic (exact) mass is 276 g/mol. The molecule has 0 amide bonds. The van der Waals surface area contributed by atoms with E-state index in [4.69, 9.17) is 39.2 Å². The van der Waals surface area contributed by atoms with Gasteiger partial charge in [0, 0.05) is 5.56 Å². The quantitative estimate of drug-likeness (QED) is 0.743. The topological polar surface area (TPSA) is 38.9 Å². The van der Waals surface area contributed by atoms with E-state index in [0.717, 1.165) is 11.1 Å². The molecule has 0 spiro atoms. The molecule has 0 saturated heterocycles. The lowest BCUT2D eigenvalue weighted by Gasteiger charge is -2.02. The molecule has 0 aliphatic carbocycles. The molecule has 0 N–H and O–H groups in total. The molecule has 2 aromatic rings. The number of nitrogens with zero attached hydrogens (tertiary/aromatic N) is 2. The third-order valence-electron chi connectivity index (χ3n) is 1.97. The highest BCUT2D eigenvalue weighted by Gasteiger charge is 2.30. The van der Waals surface area contributed by atoms with Gasteiger partial charge in [-0.15, -0.1) is 10.2 Å². The van der Waals surface area contributed by atoms with Crippen LogP contribution in [-0.4, -0.2) is 10.2 Å². The van der Waals surface area contributed by atoms with Crippen molar-refractivity contribution >= 4 is 34.8 Å². The molecular weight excluding hydrogens is 270 g/mol. The van der Waals surface area contributed by atoms with Gasteiger partial charge in [-0.3, -0.25) is 0 Å². The van der Waals surface area contributed by atoms with Crippen molar-refractivity contribution in [2.24, 2.45) is 0 Å². The van der Waals surface area contributed by atoms with Gasteiger partial charge in [0.2, 0.25) is 5.89 Å². The van der Waals surface area contributed by atoms with Crippen molar-refractivity contribution in [2.75, 3.05) is 0 Å². The van der Waals surface area contributed by atoms with E-state index in [1.165, 1.54) is 0 Å². The summed E-state index contributed by atoms with van der Waals surface area (Å²) in [6, 6.07) is 7.61. The zero-order chi connectivity index (χ0) is 11.8. The van der Waals surface area contributed by atoms with E-state index >= 15 is 0 Å². The van der Waals surface area contributed by atoms with Crippen LogP contribution < -0.4 is 0 Å². The third-order valence-corrected chi connectivity index (χ3v) is 2.45. The van der Waals surface area contributed by atoms with Gasteiger partial charge in [-0.25, -0.2) is 0 Å². The van der Waals surface area contributed by atoms with Crippen LogP contribution in [0.15, 0.2) is 28.7 Å². The highest BCUT2D eigenvalue weighted by molar-refractivity contribution is 6.66. The summed E-state index contributed by atoms with van der Waals surface area (Å²) in [5.74, 6) is 0.300. The smallest absolute Gasteiger partial charge is 0.268 e. The number of aryl methyl sites for hydroxylation is 1. The number of rotatable bonds is 1. The summed E-state index contributed by atoms with van der Waals surface area (Å²) < 4.78 is 3.57. The molecule has 0 aliphatic rings. The van der Waals surface area contributed by atoms with Crippen molar-refractivity contribution < 1.29 is 4.42 Å². The molecular formula is C10H7Cl3N2O. The first-order chi connectivity index (χ1) is 7.47. The SMILES string of the molecule is Cc1ccc(-c2nnc(C(Cl)(Cl)Cl)o2)cc1. The molecule has 0 radical (unpaired) electrons. The number of hydrogen-bond donors (Lipinski definition) is 0. The van der Waals surface area contributed by atoms with E-state index in [1.54, 1.807) is 0 Å². The van der Waals surface area contributed by atoms with Gasteiger partial charge in [-0.1, -0.05) is 52.5 Å². The van der Waals surface area contributed by atoms with Crippen LogP contribution >= 0.6 is 34.8 Å². The summed E-state index contributed by atoms with van der Waals surface area (Å²) in [5.41, 5.74) is 1.93. The van der Waals surface area contributed by atoms with E-state index < -0.39 is 3.79 Å². The zero-order valence-electron chi connectivity index (χ0n) is 8.25. The van der Waals surface area contributed by atoms with Crippen molar-refractivity contribution in [3.05, 3.63) is 35.7 Å². The fourth-order valence-corrected chi connectivity index (χ4v) is 1.38. The molecule has 16 heavy (non-hydrogen) atoms. The Kier molecular flexibility index (Phi) is 3.10. The molecule has 0 atom stereocenters. The van der Waals surface area contributed by atoms with Crippen LogP contribution in [0.5, 0.6) is 0 Å². The van der Waals surface area contributed by atoms with E-state index in [0.29, 0.717) is 5.89 Å². The Balaban J connectivity index is 2.35. The van der Waals surface area contributed by atoms with Crippen LogP contribution in [0.2, 0.25) is 0 Å². The molecule has 0 fully saturated rings. The molecule has 1 aromatic carbocycles. The predicted molar refractivity (Wildman–Crippen MR) is 63.7 cm³/mol. The van der Waals surface area contributed by atoms with Crippen molar-refractivity contribution in [3.63, 3.8) is 0 Å². The lowest BCUT2D eigenvalue weighted by molar-refractivity contribution is 0.514. The van der Waals surface area contributed by atoms with Gasteiger partial charge >= 0.3 is 0 Å². The second kappa shape index (κ2) is 4.24. The number of benzene rings is 1. The van der Waals surface area contributed by atoms with E-state index in [2.05, 4.69) is 10.2 Å². The minimum atomic E-state index is -1.68. The van der Waals surface area contributed by atoms with Crippen molar-refractivity contribution in [1.82, 2.24) is 10.2 Å². The van der Waals surface area contributed by atoms with Crippen LogP contribution in [0.3, 0.4) is 0 Å². The number of aromatic nitrogens is 2. The Morgan fingerprint density at radius 1 is 1.06 bits per heavy atom. The summed E-state index contributed by atoms with van der Waals surface area (Å²) >= 11 is 16.9. The van der Waals surface area contributed by atoms with E-state index in [-0.39, 0.29) is 5.89 Å². The van der Waals surface area contributed by atoms with Crippen LogP contribution in [0.4, 0.5) is 0 Å². The molecule has 1 heterocycles. The lowest BCUT2D eigenvalue weighted by atomic mass is 10.1. The number of alkyl halides is 3. The van der Waals surface area contributed by atoms with Crippen molar-refractivity contribution in [3.8, 4) is 11.5 Å². The number of halogens is 3. The maximum atomic E-state index is 5.62. The first kappa shape index (κ1) is 11.7. The first-order valence-corrected chi connectivity index (χ1v) is 5.58. The van der Waals surface area contributed by atoms with Crippen molar-refractivity contribution in [1.29, 1.82) is 0 Å². The Labute approximate surface area is 107 Å². The minimum Gasteiger partial charge on any atom is -0.416 e. The zero-order valence-corrected chi connectivity index (χ0v) is 10.5. The molecule has 0 bridgehead atoms. The van der Waals surface area contributed by atoms with Crippen LogP contribution in [-0.2, 0) is 3.79 Å². The maximum Gasteiger partial charge on any atom is 0.268 e. The van der Waals surface area contributed by atoms with Gasteiger partial charge in [-0.05, 0) is 19.1 Å². The Hall–Kier alpha value is -0.770. The summed E-state index contributed by atoms with van der Waals surface area (Å²) in [6.07, 6.45) is 0. The second-order valence-corrected chi connectivity index (χ2v) is 5.56. The van der Waals surface area contributed by atoms with E-state index in [1.807, 2.05) is 31.2 Å².